The molecule has 5 heteroatoms. The lowest BCUT2D eigenvalue weighted by atomic mass is 10.1. The van der Waals surface area contributed by atoms with Crippen molar-refractivity contribution in [1.29, 1.82) is 0 Å². The van der Waals surface area contributed by atoms with Crippen molar-refractivity contribution in [2.75, 3.05) is 25.9 Å². The van der Waals surface area contributed by atoms with Crippen molar-refractivity contribution >= 4 is 5.88 Å². The Hall–Kier alpha value is -2.01. The number of likely N-dealkylation sites (N-methyl/N-ethyl adjacent to an activating group) is 1. The van der Waals surface area contributed by atoms with Gasteiger partial charge in [0.15, 0.2) is 0 Å². The van der Waals surface area contributed by atoms with Gasteiger partial charge in [-0.3, -0.25) is 0 Å². The Balaban J connectivity index is 1.74. The molecule has 1 unspecified atom stereocenters. The van der Waals surface area contributed by atoms with Crippen LogP contribution >= 0.6 is 0 Å². The molecule has 0 saturated carbocycles. The van der Waals surface area contributed by atoms with Gasteiger partial charge >= 0.3 is 0 Å². The van der Waals surface area contributed by atoms with Crippen LogP contribution in [0.4, 0.5) is 5.88 Å². The fraction of sp³-hybridized carbons (Fsp3) is 0.400. The van der Waals surface area contributed by atoms with Gasteiger partial charge in [0.05, 0.1) is 0 Å². The van der Waals surface area contributed by atoms with E-state index in [1.165, 1.54) is 6.42 Å². The molecular weight excluding hydrogens is 254 g/mol. The number of nitrogens with zero attached hydrogens (tertiary/aromatic N) is 2. The van der Waals surface area contributed by atoms with Gasteiger partial charge in [-0.2, -0.15) is 0 Å². The molecule has 1 atom stereocenters. The summed E-state index contributed by atoms with van der Waals surface area (Å²) in [4.78, 5) is 2.30. The Bertz CT molecular complexity index is 582. The summed E-state index contributed by atoms with van der Waals surface area (Å²) in [5.74, 6) is 1.18. The van der Waals surface area contributed by atoms with E-state index in [1.807, 2.05) is 24.3 Å². The number of hydrogen-bond donors (Lipinski definition) is 1. The summed E-state index contributed by atoms with van der Waals surface area (Å²) in [5, 5.41) is 3.92. The molecule has 3 rings (SSSR count). The van der Waals surface area contributed by atoms with E-state index in [9.17, 15) is 0 Å². The van der Waals surface area contributed by atoms with E-state index < -0.39 is 0 Å². The molecule has 0 aliphatic carbocycles. The lowest BCUT2D eigenvalue weighted by molar-refractivity contribution is 0.104. The highest BCUT2D eigenvalue weighted by Gasteiger charge is 2.18. The molecule has 1 saturated heterocycles. The highest BCUT2D eigenvalue weighted by atomic mass is 16.5. The number of nitrogen functional groups attached to an aromatic ring is 1. The first kappa shape index (κ1) is 13.0. The monoisotopic (exact) mass is 273 g/mol. The zero-order valence-electron chi connectivity index (χ0n) is 11.6. The van der Waals surface area contributed by atoms with Gasteiger partial charge in [-0.05, 0) is 38.6 Å². The summed E-state index contributed by atoms with van der Waals surface area (Å²) in [7, 11) is 2.13. The van der Waals surface area contributed by atoms with Crippen LogP contribution in [0, 0.1) is 0 Å². The molecule has 106 valence electrons. The minimum absolute atomic E-state index is 0.256. The molecule has 1 aliphatic rings. The van der Waals surface area contributed by atoms with Gasteiger partial charge in [0.25, 0.3) is 0 Å². The van der Waals surface area contributed by atoms with Crippen molar-refractivity contribution < 1.29 is 9.26 Å². The second kappa shape index (κ2) is 5.54. The van der Waals surface area contributed by atoms with Gasteiger partial charge < -0.3 is 19.9 Å². The molecule has 2 aromatic rings. The third kappa shape index (κ3) is 2.93. The standard InChI is InChI=1S/C15H19N3O2/c1-18-7-3-6-13(10-18)19-12-5-2-4-11(8-12)14-9-15(16)20-17-14/h2,4-5,8-9,13H,3,6-7,10,16H2,1H3. The summed E-state index contributed by atoms with van der Waals surface area (Å²) in [6.45, 7) is 2.12. The second-order valence-electron chi connectivity index (χ2n) is 5.29. The van der Waals surface area contributed by atoms with Gasteiger partial charge in [-0.15, -0.1) is 0 Å². The maximum absolute atomic E-state index is 6.06. The van der Waals surface area contributed by atoms with Crippen LogP contribution in [0.5, 0.6) is 5.75 Å². The second-order valence-corrected chi connectivity index (χ2v) is 5.29. The van der Waals surface area contributed by atoms with Crippen molar-refractivity contribution in [3.05, 3.63) is 30.3 Å². The van der Waals surface area contributed by atoms with Crippen LogP contribution in [0.2, 0.25) is 0 Å². The fourth-order valence-electron chi connectivity index (χ4n) is 2.56. The topological polar surface area (TPSA) is 64.5 Å². The predicted octanol–water partition coefficient (Wildman–Crippen LogP) is 2.40. The number of anilines is 1. The van der Waals surface area contributed by atoms with Crippen molar-refractivity contribution in [2.45, 2.75) is 18.9 Å². The van der Waals surface area contributed by atoms with E-state index in [1.54, 1.807) is 6.07 Å². The van der Waals surface area contributed by atoms with Gasteiger partial charge in [-0.25, -0.2) is 0 Å². The lowest BCUT2D eigenvalue weighted by Gasteiger charge is -2.30. The van der Waals surface area contributed by atoms with Crippen LogP contribution in [-0.4, -0.2) is 36.3 Å². The third-order valence-electron chi connectivity index (χ3n) is 3.54. The minimum Gasteiger partial charge on any atom is -0.489 e. The molecule has 0 bridgehead atoms. The number of hydrogen-bond acceptors (Lipinski definition) is 5. The van der Waals surface area contributed by atoms with E-state index in [0.29, 0.717) is 5.88 Å². The number of benzene rings is 1. The lowest BCUT2D eigenvalue weighted by Crippen LogP contribution is -2.38. The zero-order valence-corrected chi connectivity index (χ0v) is 11.6. The van der Waals surface area contributed by atoms with E-state index in [0.717, 1.165) is 36.5 Å². The summed E-state index contributed by atoms with van der Waals surface area (Å²) < 4.78 is 11.0. The molecule has 2 N–H and O–H groups in total. The van der Waals surface area contributed by atoms with E-state index in [-0.39, 0.29) is 6.10 Å². The molecular formula is C15H19N3O2. The summed E-state index contributed by atoms with van der Waals surface area (Å²) >= 11 is 0. The first-order chi connectivity index (χ1) is 9.70. The van der Waals surface area contributed by atoms with Gasteiger partial charge in [0.1, 0.15) is 17.5 Å². The van der Waals surface area contributed by atoms with Crippen LogP contribution < -0.4 is 10.5 Å². The van der Waals surface area contributed by atoms with Crippen LogP contribution in [-0.2, 0) is 0 Å². The third-order valence-corrected chi connectivity index (χ3v) is 3.54. The maximum Gasteiger partial charge on any atom is 0.222 e. The first-order valence-electron chi connectivity index (χ1n) is 6.88. The Labute approximate surface area is 118 Å². The number of rotatable bonds is 3. The molecule has 1 aliphatic heterocycles. The smallest absolute Gasteiger partial charge is 0.222 e. The van der Waals surface area contributed by atoms with E-state index in [2.05, 4.69) is 17.1 Å². The number of nitrogens with two attached hydrogens (primary N) is 1. The summed E-state index contributed by atoms with van der Waals surface area (Å²) in [5.41, 5.74) is 7.23. The van der Waals surface area contributed by atoms with Crippen LogP contribution in [0.25, 0.3) is 11.3 Å². The van der Waals surface area contributed by atoms with Gasteiger partial charge in [-0.1, -0.05) is 17.3 Å². The SMILES string of the molecule is CN1CCCC(Oc2cccc(-c3cc(N)on3)c2)C1. The zero-order chi connectivity index (χ0) is 13.9. The van der Waals surface area contributed by atoms with Crippen LogP contribution in [0.15, 0.2) is 34.9 Å². The highest BCUT2D eigenvalue weighted by Crippen LogP contribution is 2.26. The van der Waals surface area contributed by atoms with Crippen molar-refractivity contribution in [1.82, 2.24) is 10.1 Å². The molecule has 0 amide bonds. The maximum atomic E-state index is 6.06. The fourth-order valence-corrected chi connectivity index (χ4v) is 2.56. The average Bonchev–Trinajstić information content (AvgIpc) is 2.86. The number of aromatic nitrogens is 1. The van der Waals surface area contributed by atoms with Gasteiger partial charge in [0.2, 0.25) is 5.88 Å². The molecule has 1 fully saturated rings. The Kier molecular flexibility index (Phi) is 3.60. The van der Waals surface area contributed by atoms with Gasteiger partial charge in [0, 0.05) is 18.2 Å². The van der Waals surface area contributed by atoms with Crippen LogP contribution in [0.3, 0.4) is 0 Å². The predicted molar refractivity (Wildman–Crippen MR) is 77.5 cm³/mol. The molecule has 0 spiro atoms. The average molecular weight is 273 g/mol. The normalized spacial score (nSPS) is 19.9. The molecule has 5 nitrogen and oxygen atoms in total. The Morgan fingerprint density at radius 3 is 3.05 bits per heavy atom. The van der Waals surface area contributed by atoms with Crippen molar-refractivity contribution in [3.63, 3.8) is 0 Å². The quantitative estimate of drug-likeness (QED) is 0.930. The molecule has 1 aromatic heterocycles. The summed E-state index contributed by atoms with van der Waals surface area (Å²) in [6, 6.07) is 9.60. The van der Waals surface area contributed by atoms with Crippen molar-refractivity contribution in [3.8, 4) is 17.0 Å². The number of likely N-dealkylation sites (tertiary alicyclic amines) is 1. The van der Waals surface area contributed by atoms with Crippen LogP contribution in [0.1, 0.15) is 12.8 Å². The first-order valence-corrected chi connectivity index (χ1v) is 6.88. The number of piperidine rings is 1. The summed E-state index contributed by atoms with van der Waals surface area (Å²) in [6.07, 6.45) is 2.54. The molecule has 20 heavy (non-hydrogen) atoms. The number of ether oxygens (including phenoxy) is 1. The Morgan fingerprint density at radius 2 is 2.30 bits per heavy atom. The molecule has 0 radical (unpaired) electrons. The van der Waals surface area contributed by atoms with E-state index in [4.69, 9.17) is 15.0 Å². The molecule has 2 heterocycles. The van der Waals surface area contributed by atoms with E-state index >= 15 is 0 Å². The van der Waals surface area contributed by atoms with Crippen molar-refractivity contribution in [2.24, 2.45) is 0 Å². The largest absolute Gasteiger partial charge is 0.489 e. The highest BCUT2D eigenvalue weighted by molar-refractivity contribution is 5.62. The molecule has 1 aromatic carbocycles. The minimum atomic E-state index is 0.256. The Morgan fingerprint density at radius 1 is 1.40 bits per heavy atom.